The maximum Gasteiger partial charge on any atom is 0.251 e. The van der Waals surface area contributed by atoms with Crippen LogP contribution in [0.5, 0.6) is 0 Å². The molecule has 11 heteroatoms. The van der Waals surface area contributed by atoms with Gasteiger partial charge in [0.2, 0.25) is 10.0 Å². The third-order valence-corrected chi connectivity index (χ3v) is 9.90. The molecule has 43 heavy (non-hydrogen) atoms. The first-order valence-electron chi connectivity index (χ1n) is 15.1. The summed E-state index contributed by atoms with van der Waals surface area (Å²) in [7, 11) is -3.55. The van der Waals surface area contributed by atoms with E-state index in [9.17, 15) is 18.3 Å². The molecule has 0 saturated carbocycles. The lowest BCUT2D eigenvalue weighted by Gasteiger charge is -2.26. The van der Waals surface area contributed by atoms with Crippen molar-refractivity contribution in [3.8, 4) is 0 Å². The van der Waals surface area contributed by atoms with Gasteiger partial charge < -0.3 is 20.3 Å². The summed E-state index contributed by atoms with van der Waals surface area (Å²) in [4.78, 5) is 13.9. The van der Waals surface area contributed by atoms with Gasteiger partial charge >= 0.3 is 0 Å². The van der Waals surface area contributed by atoms with Crippen molar-refractivity contribution >= 4 is 32.5 Å². The van der Waals surface area contributed by atoms with Gasteiger partial charge in [-0.2, -0.15) is 5.10 Å². The average Bonchev–Trinajstić information content (AvgIpc) is 3.58. The monoisotopic (exact) mass is 606 g/mol. The summed E-state index contributed by atoms with van der Waals surface area (Å²) < 4.78 is 31.7. The summed E-state index contributed by atoms with van der Waals surface area (Å²) in [5, 5.41) is 22.9. The van der Waals surface area contributed by atoms with E-state index in [0.717, 1.165) is 47.0 Å². The van der Waals surface area contributed by atoms with Crippen molar-refractivity contribution < 1.29 is 18.3 Å². The molecule has 3 heterocycles. The average molecular weight is 607 g/mol. The Morgan fingerprint density at radius 3 is 2.56 bits per heavy atom. The molecule has 1 aliphatic heterocycles. The number of aryl methyl sites for hydroxylation is 3. The number of sulfonamides is 1. The Morgan fingerprint density at radius 1 is 1.07 bits per heavy atom. The summed E-state index contributed by atoms with van der Waals surface area (Å²) in [5.41, 5.74) is 4.85. The molecule has 2 atom stereocenters. The Hall–Kier alpha value is -3.67. The van der Waals surface area contributed by atoms with E-state index in [-0.39, 0.29) is 24.7 Å². The summed E-state index contributed by atoms with van der Waals surface area (Å²) in [6, 6.07) is 12.7. The molecule has 0 fully saturated rings. The molecular formula is C32H42N6O4S. The van der Waals surface area contributed by atoms with Crippen molar-refractivity contribution in [3.05, 3.63) is 83.3 Å². The molecule has 5 rings (SSSR count). The highest BCUT2D eigenvalue weighted by Crippen LogP contribution is 2.36. The fraction of sp³-hybridized carbons (Fsp3) is 0.438. The van der Waals surface area contributed by atoms with Crippen molar-refractivity contribution in [3.63, 3.8) is 0 Å². The highest BCUT2D eigenvalue weighted by atomic mass is 32.2. The summed E-state index contributed by atoms with van der Waals surface area (Å²) in [6.45, 7) is 8.19. The number of aliphatic hydroxyl groups is 1. The number of nitrogens with zero attached hydrogens (tertiary/aromatic N) is 4. The third-order valence-electron chi connectivity index (χ3n) is 8.07. The quantitative estimate of drug-likeness (QED) is 0.214. The molecule has 2 aromatic carbocycles. The molecule has 0 saturated heterocycles. The smallest absolute Gasteiger partial charge is 0.251 e. The molecule has 0 bridgehead atoms. The van der Waals surface area contributed by atoms with Crippen LogP contribution in [0.3, 0.4) is 0 Å². The lowest BCUT2D eigenvalue weighted by Crippen LogP contribution is -2.48. The second-order valence-corrected chi connectivity index (χ2v) is 13.2. The number of hydrogen-bond donors (Lipinski definition) is 3. The highest BCUT2D eigenvalue weighted by Gasteiger charge is 2.30. The Balaban J connectivity index is 1.43. The largest absolute Gasteiger partial charge is 0.390 e. The highest BCUT2D eigenvalue weighted by molar-refractivity contribution is 7.92. The molecule has 4 aromatic rings. The Labute approximate surface area is 253 Å². The third kappa shape index (κ3) is 6.79. The van der Waals surface area contributed by atoms with E-state index in [2.05, 4.69) is 22.7 Å². The van der Waals surface area contributed by atoms with Crippen LogP contribution in [0.1, 0.15) is 54.2 Å². The van der Waals surface area contributed by atoms with Crippen LogP contribution in [0, 0.1) is 0 Å². The number of aliphatic hydroxyl groups excluding tert-OH is 1. The summed E-state index contributed by atoms with van der Waals surface area (Å²) in [6.07, 6.45) is 7.12. The fourth-order valence-electron chi connectivity index (χ4n) is 5.88. The SMILES string of the molecule is CCCc1cn2c3c(cc(C(=O)N[C@@H](Cc4ccccc4)[C@H](O)CNCc4cnn(CC)c4)cc13)N(CC)S(=O)(=O)CC2. The van der Waals surface area contributed by atoms with Crippen molar-refractivity contribution in [2.75, 3.05) is 23.1 Å². The number of nitrogens with one attached hydrogen (secondary N) is 2. The van der Waals surface area contributed by atoms with E-state index in [4.69, 9.17) is 0 Å². The zero-order valence-corrected chi connectivity index (χ0v) is 26.0. The first kappa shape index (κ1) is 30.8. The second-order valence-electron chi connectivity index (χ2n) is 11.1. The molecule has 0 spiro atoms. The summed E-state index contributed by atoms with van der Waals surface area (Å²) in [5.74, 6) is -0.348. The normalized spacial score (nSPS) is 15.8. The van der Waals surface area contributed by atoms with E-state index in [1.165, 1.54) is 4.31 Å². The van der Waals surface area contributed by atoms with Crippen LogP contribution in [0.2, 0.25) is 0 Å². The van der Waals surface area contributed by atoms with Gasteiger partial charge in [-0.25, -0.2) is 8.42 Å². The molecule has 1 aliphatic rings. The van der Waals surface area contributed by atoms with Gasteiger partial charge in [0, 0.05) is 61.6 Å². The molecule has 10 nitrogen and oxygen atoms in total. The van der Waals surface area contributed by atoms with Crippen molar-refractivity contribution in [1.29, 1.82) is 0 Å². The Bertz CT molecular complexity index is 1660. The van der Waals surface area contributed by atoms with Crippen LogP contribution in [-0.4, -0.2) is 64.8 Å². The number of aromatic nitrogens is 3. The van der Waals surface area contributed by atoms with E-state index in [0.29, 0.717) is 30.8 Å². The number of amides is 1. The van der Waals surface area contributed by atoms with E-state index in [1.807, 2.05) is 71.9 Å². The molecule has 3 N–H and O–H groups in total. The molecular weight excluding hydrogens is 564 g/mol. The molecule has 230 valence electrons. The maximum atomic E-state index is 13.9. The topological polar surface area (TPSA) is 121 Å². The van der Waals surface area contributed by atoms with Gasteiger partial charge in [-0.15, -0.1) is 0 Å². The lowest BCUT2D eigenvalue weighted by atomic mass is 9.99. The Morgan fingerprint density at radius 2 is 1.86 bits per heavy atom. The van der Waals surface area contributed by atoms with Crippen LogP contribution >= 0.6 is 0 Å². The van der Waals surface area contributed by atoms with Crippen LogP contribution in [0.15, 0.2) is 61.1 Å². The first-order chi connectivity index (χ1) is 20.7. The van der Waals surface area contributed by atoms with Gasteiger partial charge in [0.15, 0.2) is 0 Å². The zero-order chi connectivity index (χ0) is 30.6. The number of carbonyl (C=O) groups excluding carboxylic acids is 1. The van der Waals surface area contributed by atoms with Crippen LogP contribution in [0.4, 0.5) is 5.69 Å². The minimum atomic E-state index is -3.55. The van der Waals surface area contributed by atoms with Crippen molar-refractivity contribution in [2.45, 2.75) is 71.8 Å². The zero-order valence-electron chi connectivity index (χ0n) is 25.2. The number of carbonyl (C=O) groups is 1. The lowest BCUT2D eigenvalue weighted by molar-refractivity contribution is 0.0830. The van der Waals surface area contributed by atoms with Crippen molar-refractivity contribution in [1.82, 2.24) is 25.0 Å². The van der Waals surface area contributed by atoms with E-state index in [1.54, 1.807) is 12.3 Å². The summed E-state index contributed by atoms with van der Waals surface area (Å²) >= 11 is 0. The molecule has 2 aromatic heterocycles. The van der Waals surface area contributed by atoms with E-state index < -0.39 is 22.2 Å². The van der Waals surface area contributed by atoms with Gasteiger partial charge in [-0.3, -0.25) is 13.8 Å². The maximum absolute atomic E-state index is 13.9. The number of anilines is 1. The van der Waals surface area contributed by atoms with Gasteiger partial charge in [-0.05, 0) is 49.9 Å². The fourth-order valence-corrected chi connectivity index (χ4v) is 7.36. The van der Waals surface area contributed by atoms with Crippen LogP contribution < -0.4 is 14.9 Å². The van der Waals surface area contributed by atoms with Crippen LogP contribution in [-0.2, 0) is 42.5 Å². The predicted octanol–water partition coefficient (Wildman–Crippen LogP) is 3.47. The number of rotatable bonds is 13. The first-order valence-corrected chi connectivity index (χ1v) is 16.8. The van der Waals surface area contributed by atoms with Crippen LogP contribution in [0.25, 0.3) is 10.9 Å². The van der Waals surface area contributed by atoms with Gasteiger partial charge in [0.25, 0.3) is 5.91 Å². The van der Waals surface area contributed by atoms with Gasteiger partial charge in [0.05, 0.1) is 35.3 Å². The van der Waals surface area contributed by atoms with Crippen molar-refractivity contribution in [2.24, 2.45) is 0 Å². The molecule has 0 unspecified atom stereocenters. The minimum Gasteiger partial charge on any atom is -0.390 e. The molecule has 0 aliphatic carbocycles. The van der Waals surface area contributed by atoms with Gasteiger partial charge in [-0.1, -0.05) is 43.7 Å². The standard InChI is InChI=1S/C32H42N6O4S/c1-4-10-25-22-36-13-14-43(41,42)38(6-3)29-17-26(16-27(25)31(29)36)32(40)35-28(15-23-11-8-7-9-12-23)30(39)20-33-18-24-19-34-37(5-2)21-24/h7-9,11-12,16-17,19,21-22,28,30,33,39H,4-6,10,13-15,18,20H2,1-3H3,(H,35,40)/t28-,30+/m0/s1. The Kier molecular flexibility index (Phi) is 9.53. The minimum absolute atomic E-state index is 0.00394. The number of hydrogen-bond acceptors (Lipinski definition) is 6. The second kappa shape index (κ2) is 13.3. The van der Waals surface area contributed by atoms with E-state index >= 15 is 0 Å². The molecule has 0 radical (unpaired) electrons. The van der Waals surface area contributed by atoms with Gasteiger partial charge in [0.1, 0.15) is 0 Å². The number of benzene rings is 2. The predicted molar refractivity (Wildman–Crippen MR) is 170 cm³/mol. The molecule has 1 amide bonds.